The first kappa shape index (κ1) is 19.5. The summed E-state index contributed by atoms with van der Waals surface area (Å²) in [4.78, 5) is 10.7. The molecule has 2 aromatic carbocycles. The first-order chi connectivity index (χ1) is 11.7. The van der Waals surface area contributed by atoms with Crippen LogP contribution in [0.25, 0.3) is 0 Å². The Morgan fingerprint density at radius 3 is 2.25 bits per heavy atom. The van der Waals surface area contributed by atoms with Gasteiger partial charge >= 0.3 is 6.09 Å². The molecule has 1 amide bonds. The molecule has 0 fully saturated rings. The highest BCUT2D eigenvalue weighted by atomic mass is 16.5. The average Bonchev–Trinajstić information content (AvgIpc) is 2.66. The van der Waals surface area contributed by atoms with Crippen molar-refractivity contribution in [2.24, 2.45) is 0 Å². The van der Waals surface area contributed by atoms with Crippen LogP contribution in [0.2, 0.25) is 0 Å². The number of methoxy groups -OCH3 is 1. The summed E-state index contributed by atoms with van der Waals surface area (Å²) in [5.74, 6) is 0.878. The van der Waals surface area contributed by atoms with E-state index < -0.39 is 6.09 Å². The number of benzene rings is 2. The maximum absolute atomic E-state index is 10.7. The molecule has 0 aliphatic carbocycles. The molecule has 0 saturated carbocycles. The van der Waals surface area contributed by atoms with Gasteiger partial charge in [0.15, 0.2) is 0 Å². The highest BCUT2D eigenvalue weighted by molar-refractivity contribution is 5.66. The van der Waals surface area contributed by atoms with E-state index >= 15 is 0 Å². The topological polar surface area (TPSA) is 67.8 Å². The van der Waals surface area contributed by atoms with Crippen molar-refractivity contribution in [3.63, 3.8) is 0 Å². The largest absolute Gasteiger partial charge is 0.497 e. The molecule has 5 nitrogen and oxygen atoms in total. The molecule has 0 aromatic heterocycles. The Balaban J connectivity index is 0.000000240. The summed E-state index contributed by atoms with van der Waals surface area (Å²) in [6.45, 7) is 0.576. The number of carbonyl (C=O) groups excluding carboxylic acids is 1. The second kappa shape index (κ2) is 12.0. The monoisotopic (exact) mass is 331 g/mol. The van der Waals surface area contributed by atoms with E-state index in [0.29, 0.717) is 6.61 Å². The normalized spacial score (nSPS) is 9.46. The van der Waals surface area contributed by atoms with Crippen molar-refractivity contribution in [3.8, 4) is 5.75 Å². The van der Waals surface area contributed by atoms with Crippen LogP contribution < -0.4 is 10.1 Å². The molecule has 0 spiro atoms. The molecule has 2 rings (SSSR count). The van der Waals surface area contributed by atoms with E-state index in [2.05, 4.69) is 5.32 Å². The molecular formula is C19H25NO4. The highest BCUT2D eigenvalue weighted by Gasteiger charge is 1.97. The smallest absolute Gasteiger partial charge is 0.407 e. The molecule has 0 atom stereocenters. The zero-order chi connectivity index (χ0) is 17.6. The van der Waals surface area contributed by atoms with Gasteiger partial charge in [0, 0.05) is 13.7 Å². The summed E-state index contributed by atoms with van der Waals surface area (Å²) in [5.41, 5.74) is 2.23. The molecule has 0 radical (unpaired) electrons. The highest BCUT2D eigenvalue weighted by Crippen LogP contribution is 2.12. The van der Waals surface area contributed by atoms with Crippen LogP contribution in [0, 0.1) is 0 Å². The second-order valence-corrected chi connectivity index (χ2v) is 4.99. The van der Waals surface area contributed by atoms with Crippen LogP contribution in [0.5, 0.6) is 5.75 Å². The standard InChI is InChI=1S/C10H14O2.C9H11NO2/c1-12-10-6-4-9(5-7-10)3-2-8-11;1-10-9(11)12-7-8-5-3-2-4-6-8/h4-7,11H,2-3,8H2,1H3;2-6H,7H2,1H3,(H,10,11). The Bertz CT molecular complexity index is 570. The Hall–Kier alpha value is -2.53. The summed E-state index contributed by atoms with van der Waals surface area (Å²) >= 11 is 0. The summed E-state index contributed by atoms with van der Waals surface area (Å²) < 4.78 is 9.85. The molecule has 0 aliphatic heterocycles. The third-order valence-corrected chi connectivity index (χ3v) is 3.20. The van der Waals surface area contributed by atoms with Gasteiger partial charge in [-0.25, -0.2) is 4.79 Å². The van der Waals surface area contributed by atoms with Gasteiger partial charge in [-0.15, -0.1) is 0 Å². The van der Waals surface area contributed by atoms with Gasteiger partial charge in [0.05, 0.1) is 7.11 Å². The van der Waals surface area contributed by atoms with Gasteiger partial charge in [0.25, 0.3) is 0 Å². The summed E-state index contributed by atoms with van der Waals surface area (Å²) in [6, 6.07) is 17.5. The van der Waals surface area contributed by atoms with E-state index in [4.69, 9.17) is 14.6 Å². The molecule has 2 N–H and O–H groups in total. The van der Waals surface area contributed by atoms with Crippen molar-refractivity contribution in [1.29, 1.82) is 0 Å². The van der Waals surface area contributed by atoms with Crippen LogP contribution in [0.1, 0.15) is 17.5 Å². The van der Waals surface area contributed by atoms with E-state index in [9.17, 15) is 4.79 Å². The average molecular weight is 331 g/mol. The first-order valence-corrected chi connectivity index (χ1v) is 7.81. The molecule has 0 saturated heterocycles. The van der Waals surface area contributed by atoms with Crippen LogP contribution in [0.3, 0.4) is 0 Å². The fourth-order valence-electron chi connectivity index (χ4n) is 1.87. The van der Waals surface area contributed by atoms with Crippen molar-refractivity contribution in [1.82, 2.24) is 5.32 Å². The van der Waals surface area contributed by atoms with E-state index in [1.54, 1.807) is 7.11 Å². The van der Waals surface area contributed by atoms with Crippen molar-refractivity contribution in [3.05, 3.63) is 65.7 Å². The molecular weight excluding hydrogens is 306 g/mol. The molecule has 2 aromatic rings. The SMILES string of the molecule is CNC(=O)OCc1ccccc1.COc1ccc(CCCO)cc1. The van der Waals surface area contributed by atoms with Gasteiger partial charge in [0.2, 0.25) is 0 Å². The van der Waals surface area contributed by atoms with Crippen LogP contribution in [0.15, 0.2) is 54.6 Å². The van der Waals surface area contributed by atoms with Gasteiger partial charge in [0.1, 0.15) is 12.4 Å². The van der Waals surface area contributed by atoms with Crippen LogP contribution in [-0.2, 0) is 17.8 Å². The Kier molecular flexibility index (Phi) is 9.73. The van der Waals surface area contributed by atoms with Gasteiger partial charge in [-0.1, -0.05) is 42.5 Å². The lowest BCUT2D eigenvalue weighted by atomic mass is 10.1. The Morgan fingerprint density at radius 1 is 1.04 bits per heavy atom. The van der Waals surface area contributed by atoms with Crippen molar-refractivity contribution in [2.45, 2.75) is 19.4 Å². The second-order valence-electron chi connectivity index (χ2n) is 4.99. The first-order valence-electron chi connectivity index (χ1n) is 7.81. The number of aliphatic hydroxyl groups excluding tert-OH is 1. The number of aliphatic hydroxyl groups is 1. The van der Waals surface area contributed by atoms with Gasteiger partial charge < -0.3 is 19.9 Å². The van der Waals surface area contributed by atoms with Gasteiger partial charge in [-0.2, -0.15) is 0 Å². The van der Waals surface area contributed by atoms with Crippen LogP contribution in [-0.4, -0.2) is 32.0 Å². The molecule has 5 heteroatoms. The van der Waals surface area contributed by atoms with Gasteiger partial charge in [-0.3, -0.25) is 0 Å². The fourth-order valence-corrected chi connectivity index (χ4v) is 1.87. The number of hydrogen-bond acceptors (Lipinski definition) is 4. The Morgan fingerprint density at radius 2 is 1.71 bits per heavy atom. The number of ether oxygens (including phenoxy) is 2. The number of rotatable bonds is 6. The predicted molar refractivity (Wildman–Crippen MR) is 94.1 cm³/mol. The lowest BCUT2D eigenvalue weighted by Crippen LogP contribution is -2.18. The summed E-state index contributed by atoms with van der Waals surface area (Å²) in [7, 11) is 3.19. The van der Waals surface area contributed by atoms with E-state index in [1.165, 1.54) is 12.6 Å². The number of amides is 1. The zero-order valence-corrected chi connectivity index (χ0v) is 14.2. The molecule has 0 heterocycles. The lowest BCUT2D eigenvalue weighted by Gasteiger charge is -2.02. The lowest BCUT2D eigenvalue weighted by molar-refractivity contribution is 0.142. The maximum atomic E-state index is 10.7. The summed E-state index contributed by atoms with van der Waals surface area (Å²) in [5, 5.41) is 11.0. The zero-order valence-electron chi connectivity index (χ0n) is 14.2. The van der Waals surface area contributed by atoms with Crippen molar-refractivity contribution < 1.29 is 19.4 Å². The van der Waals surface area contributed by atoms with Crippen molar-refractivity contribution >= 4 is 6.09 Å². The minimum atomic E-state index is -0.404. The minimum absolute atomic E-state index is 0.256. The number of carbonyl (C=O) groups is 1. The number of aryl methyl sites for hydroxylation is 1. The predicted octanol–water partition coefficient (Wildman–Crippen LogP) is 3.16. The molecule has 0 unspecified atom stereocenters. The molecule has 24 heavy (non-hydrogen) atoms. The molecule has 130 valence electrons. The molecule has 0 aliphatic rings. The third-order valence-electron chi connectivity index (χ3n) is 3.20. The number of alkyl carbamates (subject to hydrolysis) is 1. The Labute approximate surface area is 143 Å². The number of hydrogen-bond donors (Lipinski definition) is 2. The van der Waals surface area contributed by atoms with E-state index in [-0.39, 0.29) is 6.61 Å². The quantitative estimate of drug-likeness (QED) is 0.853. The fraction of sp³-hybridized carbons (Fsp3) is 0.316. The van der Waals surface area contributed by atoms with E-state index in [0.717, 1.165) is 24.2 Å². The van der Waals surface area contributed by atoms with Crippen LogP contribution >= 0.6 is 0 Å². The summed E-state index contributed by atoms with van der Waals surface area (Å²) in [6.07, 6.45) is 1.35. The minimum Gasteiger partial charge on any atom is -0.497 e. The third kappa shape index (κ3) is 8.19. The van der Waals surface area contributed by atoms with Gasteiger partial charge in [-0.05, 0) is 36.1 Å². The number of nitrogens with one attached hydrogen (secondary N) is 1. The van der Waals surface area contributed by atoms with Crippen LogP contribution in [0.4, 0.5) is 4.79 Å². The van der Waals surface area contributed by atoms with E-state index in [1.807, 2.05) is 54.6 Å². The maximum Gasteiger partial charge on any atom is 0.407 e. The van der Waals surface area contributed by atoms with Crippen molar-refractivity contribution in [2.75, 3.05) is 20.8 Å². The molecule has 0 bridgehead atoms.